The average Bonchev–Trinajstić information content (AvgIpc) is 2.57. The molecule has 2 nitrogen and oxygen atoms in total. The van der Waals surface area contributed by atoms with Gasteiger partial charge in [0, 0.05) is 11.3 Å². The standard InChI is InChI=1S/C12H17NOS/c1-3-5-10-11(13)8-6-4-7-9(14-2)12(8)15-10/h4,6-7,10-11H,3,5,13H2,1-2H3. The van der Waals surface area contributed by atoms with Crippen LogP contribution in [0.2, 0.25) is 0 Å². The fourth-order valence-electron chi connectivity index (χ4n) is 2.03. The number of hydrogen-bond donors (Lipinski definition) is 1. The van der Waals surface area contributed by atoms with E-state index in [4.69, 9.17) is 10.5 Å². The Balaban J connectivity index is 2.31. The second kappa shape index (κ2) is 4.45. The highest BCUT2D eigenvalue weighted by Gasteiger charge is 2.31. The van der Waals surface area contributed by atoms with Crippen molar-refractivity contribution in [1.29, 1.82) is 0 Å². The summed E-state index contributed by atoms with van der Waals surface area (Å²) in [6.45, 7) is 2.20. The van der Waals surface area contributed by atoms with Crippen LogP contribution in [0.3, 0.4) is 0 Å². The third-order valence-corrected chi connectivity index (χ3v) is 4.34. The summed E-state index contributed by atoms with van der Waals surface area (Å²) in [5, 5.41) is 0.515. The van der Waals surface area contributed by atoms with Crippen LogP contribution in [-0.4, -0.2) is 12.4 Å². The van der Waals surface area contributed by atoms with Gasteiger partial charge >= 0.3 is 0 Å². The van der Waals surface area contributed by atoms with Crippen molar-refractivity contribution in [3.05, 3.63) is 23.8 Å². The van der Waals surface area contributed by atoms with Gasteiger partial charge in [-0.05, 0) is 18.1 Å². The van der Waals surface area contributed by atoms with Crippen LogP contribution in [0.1, 0.15) is 31.4 Å². The summed E-state index contributed by atoms with van der Waals surface area (Å²) in [7, 11) is 1.72. The molecule has 2 atom stereocenters. The zero-order chi connectivity index (χ0) is 10.8. The average molecular weight is 223 g/mol. The fourth-order valence-corrected chi connectivity index (χ4v) is 3.59. The molecule has 1 heterocycles. The Morgan fingerprint density at radius 3 is 2.93 bits per heavy atom. The lowest BCUT2D eigenvalue weighted by Crippen LogP contribution is -2.18. The molecule has 0 spiro atoms. The third-order valence-electron chi connectivity index (χ3n) is 2.83. The third kappa shape index (κ3) is 1.86. The molecule has 2 unspecified atom stereocenters. The van der Waals surface area contributed by atoms with Crippen LogP contribution < -0.4 is 10.5 Å². The molecule has 0 amide bonds. The van der Waals surface area contributed by atoms with Gasteiger partial charge in [-0.1, -0.05) is 25.5 Å². The highest BCUT2D eigenvalue weighted by molar-refractivity contribution is 8.00. The first-order valence-electron chi connectivity index (χ1n) is 5.37. The molecule has 0 saturated carbocycles. The molecular weight excluding hydrogens is 206 g/mol. The summed E-state index contributed by atoms with van der Waals surface area (Å²) >= 11 is 1.87. The van der Waals surface area contributed by atoms with E-state index in [0.29, 0.717) is 5.25 Å². The van der Waals surface area contributed by atoms with Crippen LogP contribution in [0.4, 0.5) is 0 Å². The van der Waals surface area contributed by atoms with E-state index in [1.807, 2.05) is 23.9 Å². The first-order valence-corrected chi connectivity index (χ1v) is 6.25. The molecule has 2 rings (SSSR count). The highest BCUT2D eigenvalue weighted by atomic mass is 32.2. The Morgan fingerprint density at radius 2 is 2.27 bits per heavy atom. The van der Waals surface area contributed by atoms with Crippen molar-refractivity contribution in [2.24, 2.45) is 5.73 Å². The van der Waals surface area contributed by atoms with Gasteiger partial charge in [0.2, 0.25) is 0 Å². The van der Waals surface area contributed by atoms with E-state index in [9.17, 15) is 0 Å². The number of benzene rings is 1. The Kier molecular flexibility index (Phi) is 3.22. The summed E-state index contributed by atoms with van der Waals surface area (Å²) in [5.74, 6) is 0.964. The molecule has 82 valence electrons. The predicted molar refractivity (Wildman–Crippen MR) is 64.5 cm³/mol. The number of methoxy groups -OCH3 is 1. The van der Waals surface area contributed by atoms with Gasteiger partial charge in [-0.3, -0.25) is 0 Å². The number of nitrogens with two attached hydrogens (primary N) is 1. The smallest absolute Gasteiger partial charge is 0.132 e. The minimum atomic E-state index is 0.167. The monoisotopic (exact) mass is 223 g/mol. The number of thioether (sulfide) groups is 1. The maximum atomic E-state index is 6.22. The van der Waals surface area contributed by atoms with Crippen LogP contribution in [0, 0.1) is 0 Å². The van der Waals surface area contributed by atoms with Gasteiger partial charge < -0.3 is 10.5 Å². The van der Waals surface area contributed by atoms with E-state index in [1.165, 1.54) is 23.3 Å². The van der Waals surface area contributed by atoms with Crippen LogP contribution in [0.5, 0.6) is 5.75 Å². The molecule has 0 bridgehead atoms. The summed E-state index contributed by atoms with van der Waals surface area (Å²) in [5.41, 5.74) is 7.47. The molecule has 1 aromatic rings. The topological polar surface area (TPSA) is 35.2 Å². The number of rotatable bonds is 3. The van der Waals surface area contributed by atoms with E-state index < -0.39 is 0 Å². The lowest BCUT2D eigenvalue weighted by Gasteiger charge is -2.12. The van der Waals surface area contributed by atoms with E-state index >= 15 is 0 Å². The Morgan fingerprint density at radius 1 is 1.47 bits per heavy atom. The largest absolute Gasteiger partial charge is 0.496 e. The van der Waals surface area contributed by atoms with Gasteiger partial charge in [0.05, 0.1) is 12.0 Å². The van der Waals surface area contributed by atoms with Crippen molar-refractivity contribution >= 4 is 11.8 Å². The molecule has 0 aliphatic carbocycles. The fraction of sp³-hybridized carbons (Fsp3) is 0.500. The predicted octanol–water partition coefficient (Wildman–Crippen LogP) is 2.97. The van der Waals surface area contributed by atoms with Gasteiger partial charge in [0.1, 0.15) is 5.75 Å². The van der Waals surface area contributed by atoms with E-state index in [-0.39, 0.29) is 6.04 Å². The van der Waals surface area contributed by atoms with Crippen molar-refractivity contribution < 1.29 is 4.74 Å². The molecule has 1 aliphatic heterocycles. The molecule has 2 N–H and O–H groups in total. The lowest BCUT2D eigenvalue weighted by atomic mass is 10.0. The quantitative estimate of drug-likeness (QED) is 0.855. The zero-order valence-electron chi connectivity index (χ0n) is 9.19. The Hall–Kier alpha value is -0.670. The van der Waals surface area contributed by atoms with Gasteiger partial charge in [-0.15, -0.1) is 11.8 Å². The SMILES string of the molecule is CCCC1Sc2c(OC)cccc2C1N. The lowest BCUT2D eigenvalue weighted by molar-refractivity contribution is 0.404. The summed E-state index contributed by atoms with van der Waals surface area (Å²) in [6, 6.07) is 6.31. The van der Waals surface area contributed by atoms with Crippen LogP contribution in [-0.2, 0) is 0 Å². The van der Waals surface area contributed by atoms with Gasteiger partial charge in [-0.2, -0.15) is 0 Å². The van der Waals surface area contributed by atoms with E-state index in [2.05, 4.69) is 13.0 Å². The summed E-state index contributed by atoms with van der Waals surface area (Å²) in [6.07, 6.45) is 2.35. The number of hydrogen-bond acceptors (Lipinski definition) is 3. The molecule has 3 heteroatoms. The van der Waals surface area contributed by atoms with Crippen LogP contribution in [0.15, 0.2) is 23.1 Å². The first-order chi connectivity index (χ1) is 7.27. The molecule has 0 radical (unpaired) electrons. The molecule has 1 aliphatic rings. The summed E-state index contributed by atoms with van der Waals surface area (Å²) < 4.78 is 5.36. The van der Waals surface area contributed by atoms with Crippen LogP contribution in [0.25, 0.3) is 0 Å². The second-order valence-electron chi connectivity index (χ2n) is 3.85. The molecule has 0 fully saturated rings. The van der Waals surface area contributed by atoms with E-state index in [0.717, 1.165) is 5.75 Å². The van der Waals surface area contributed by atoms with Crippen molar-refractivity contribution in [3.63, 3.8) is 0 Å². The van der Waals surface area contributed by atoms with Gasteiger partial charge in [0.25, 0.3) is 0 Å². The molecule has 0 aromatic heterocycles. The van der Waals surface area contributed by atoms with E-state index in [1.54, 1.807) is 7.11 Å². The van der Waals surface area contributed by atoms with Crippen molar-refractivity contribution in [3.8, 4) is 5.75 Å². The van der Waals surface area contributed by atoms with Gasteiger partial charge in [0.15, 0.2) is 0 Å². The highest BCUT2D eigenvalue weighted by Crippen LogP contribution is 2.48. The van der Waals surface area contributed by atoms with Crippen molar-refractivity contribution in [2.75, 3.05) is 7.11 Å². The van der Waals surface area contributed by atoms with Crippen LogP contribution >= 0.6 is 11.8 Å². The second-order valence-corrected chi connectivity index (χ2v) is 5.10. The number of fused-ring (bicyclic) bond motifs is 1. The molecule has 1 aromatic carbocycles. The number of ether oxygens (including phenoxy) is 1. The maximum Gasteiger partial charge on any atom is 0.132 e. The molecular formula is C12H17NOS. The Bertz CT molecular complexity index is 353. The van der Waals surface area contributed by atoms with Gasteiger partial charge in [-0.25, -0.2) is 0 Å². The minimum absolute atomic E-state index is 0.167. The van der Waals surface area contributed by atoms with Crippen molar-refractivity contribution in [1.82, 2.24) is 0 Å². The normalized spacial score (nSPS) is 23.9. The maximum absolute atomic E-state index is 6.22. The molecule has 0 saturated heterocycles. The first kappa shape index (κ1) is 10.8. The molecule has 15 heavy (non-hydrogen) atoms. The van der Waals surface area contributed by atoms with Crippen molar-refractivity contribution in [2.45, 2.75) is 36.0 Å². The zero-order valence-corrected chi connectivity index (χ0v) is 10.0. The minimum Gasteiger partial charge on any atom is -0.496 e. The summed E-state index contributed by atoms with van der Waals surface area (Å²) in [4.78, 5) is 1.24. The Labute approximate surface area is 95.2 Å².